The monoisotopic (exact) mass is 499 g/mol. The lowest BCUT2D eigenvalue weighted by molar-refractivity contribution is -0.113. The van der Waals surface area contributed by atoms with Crippen LogP contribution in [0.4, 0.5) is 5.69 Å². The molecular weight excluding hydrogens is 482 g/mol. The number of hydrogen-bond acceptors (Lipinski definition) is 4. The summed E-state index contributed by atoms with van der Waals surface area (Å²) in [6.45, 7) is 0. The zero-order valence-electron chi connectivity index (χ0n) is 17.0. The molecule has 0 atom stereocenters. The lowest BCUT2D eigenvalue weighted by atomic mass is 9.99. The third kappa shape index (κ3) is 5.25. The SMILES string of the molecule is N#Cc1c(-c2ccccc2)cc(-c2ccccc2)nc1SCC(=O)Nc1ccc(Br)cc1. The van der Waals surface area contributed by atoms with Crippen molar-refractivity contribution in [2.24, 2.45) is 0 Å². The van der Waals surface area contributed by atoms with Gasteiger partial charge in [-0.3, -0.25) is 4.79 Å². The number of pyridine rings is 1. The van der Waals surface area contributed by atoms with Crippen molar-refractivity contribution in [1.29, 1.82) is 5.26 Å². The van der Waals surface area contributed by atoms with Gasteiger partial charge in [0.25, 0.3) is 0 Å². The number of halogens is 1. The van der Waals surface area contributed by atoms with Crippen LogP contribution in [0.3, 0.4) is 0 Å². The maximum absolute atomic E-state index is 12.5. The van der Waals surface area contributed by atoms with Crippen molar-refractivity contribution in [1.82, 2.24) is 4.98 Å². The minimum Gasteiger partial charge on any atom is -0.325 e. The largest absolute Gasteiger partial charge is 0.325 e. The number of aromatic nitrogens is 1. The number of anilines is 1. The fourth-order valence-electron chi connectivity index (χ4n) is 3.20. The lowest BCUT2D eigenvalue weighted by Crippen LogP contribution is -2.14. The molecule has 1 aromatic heterocycles. The molecule has 1 heterocycles. The first kappa shape index (κ1) is 21.8. The van der Waals surface area contributed by atoms with Gasteiger partial charge in [0.15, 0.2) is 0 Å². The molecule has 4 nitrogen and oxygen atoms in total. The smallest absolute Gasteiger partial charge is 0.234 e. The number of hydrogen-bond donors (Lipinski definition) is 1. The molecule has 0 unspecified atom stereocenters. The molecule has 0 spiro atoms. The summed E-state index contributed by atoms with van der Waals surface area (Å²) >= 11 is 4.65. The Labute approximate surface area is 199 Å². The van der Waals surface area contributed by atoms with Crippen LogP contribution in [-0.2, 0) is 4.79 Å². The molecule has 1 amide bonds. The molecule has 4 aromatic rings. The molecule has 0 bridgehead atoms. The van der Waals surface area contributed by atoms with E-state index in [1.807, 2.05) is 91.0 Å². The van der Waals surface area contributed by atoms with E-state index in [1.54, 1.807) is 0 Å². The highest BCUT2D eigenvalue weighted by molar-refractivity contribution is 9.10. The Morgan fingerprint density at radius 3 is 2.19 bits per heavy atom. The van der Waals surface area contributed by atoms with Gasteiger partial charge < -0.3 is 5.32 Å². The summed E-state index contributed by atoms with van der Waals surface area (Å²) in [6.07, 6.45) is 0. The van der Waals surface area contributed by atoms with E-state index in [0.717, 1.165) is 32.5 Å². The Kier molecular flexibility index (Phi) is 7.00. The van der Waals surface area contributed by atoms with Crippen molar-refractivity contribution in [2.75, 3.05) is 11.1 Å². The van der Waals surface area contributed by atoms with Crippen molar-refractivity contribution < 1.29 is 4.79 Å². The van der Waals surface area contributed by atoms with Crippen molar-refractivity contribution in [2.45, 2.75) is 5.03 Å². The van der Waals surface area contributed by atoms with E-state index < -0.39 is 0 Å². The van der Waals surface area contributed by atoms with Crippen LogP contribution in [0, 0.1) is 11.3 Å². The summed E-state index contributed by atoms with van der Waals surface area (Å²) in [5, 5.41) is 13.4. The standard InChI is InChI=1S/C26H18BrN3OS/c27-20-11-13-21(14-12-20)29-25(31)17-32-26-23(16-28)22(18-7-3-1-4-8-18)15-24(30-26)19-9-5-2-6-10-19/h1-15H,17H2,(H,29,31). The number of rotatable bonds is 6. The van der Waals surface area contributed by atoms with Crippen molar-refractivity contribution in [3.63, 3.8) is 0 Å². The van der Waals surface area contributed by atoms with Crippen molar-refractivity contribution >= 4 is 39.3 Å². The second kappa shape index (κ2) is 10.3. The average molecular weight is 500 g/mol. The van der Waals surface area contributed by atoms with Crippen molar-refractivity contribution in [3.8, 4) is 28.5 Å². The average Bonchev–Trinajstić information content (AvgIpc) is 2.84. The molecule has 0 saturated heterocycles. The molecule has 4 rings (SSSR count). The second-order valence-electron chi connectivity index (χ2n) is 6.92. The fourth-order valence-corrected chi connectivity index (χ4v) is 4.27. The van der Waals surface area contributed by atoms with E-state index in [0.29, 0.717) is 10.6 Å². The number of nitriles is 1. The summed E-state index contributed by atoms with van der Waals surface area (Å²) in [5.74, 6) is -0.0149. The van der Waals surface area contributed by atoms with Crippen LogP contribution in [0.25, 0.3) is 22.4 Å². The van der Waals surface area contributed by atoms with Crippen LogP contribution < -0.4 is 5.32 Å². The van der Waals surface area contributed by atoms with E-state index in [4.69, 9.17) is 4.98 Å². The van der Waals surface area contributed by atoms with Crippen LogP contribution in [0.15, 0.2) is 100 Å². The minimum absolute atomic E-state index is 0.143. The number of carbonyl (C=O) groups excluding carboxylic acids is 1. The van der Waals surface area contributed by atoms with Crippen LogP contribution in [-0.4, -0.2) is 16.6 Å². The van der Waals surface area contributed by atoms with Gasteiger partial charge in [-0.1, -0.05) is 88.4 Å². The number of thioether (sulfide) groups is 1. The van der Waals surface area contributed by atoms with E-state index in [-0.39, 0.29) is 11.7 Å². The number of amides is 1. The molecule has 32 heavy (non-hydrogen) atoms. The topological polar surface area (TPSA) is 65.8 Å². The summed E-state index contributed by atoms with van der Waals surface area (Å²) in [7, 11) is 0. The highest BCUT2D eigenvalue weighted by atomic mass is 79.9. The summed E-state index contributed by atoms with van der Waals surface area (Å²) in [4.78, 5) is 17.3. The Bertz CT molecular complexity index is 1270. The number of nitrogens with zero attached hydrogens (tertiary/aromatic N) is 2. The number of nitrogens with one attached hydrogen (secondary N) is 1. The molecule has 0 aliphatic rings. The summed E-state index contributed by atoms with van der Waals surface area (Å²) in [6, 6.07) is 31.2. The quantitative estimate of drug-likeness (QED) is 0.297. The van der Waals surface area contributed by atoms with Gasteiger partial charge >= 0.3 is 0 Å². The predicted molar refractivity (Wildman–Crippen MR) is 133 cm³/mol. The predicted octanol–water partition coefficient (Wildman–Crippen LogP) is 6.78. The third-order valence-corrected chi connectivity index (χ3v) is 6.22. The molecule has 156 valence electrons. The van der Waals surface area contributed by atoms with Gasteiger partial charge in [-0.05, 0) is 35.9 Å². The Balaban J connectivity index is 1.66. The molecule has 0 fully saturated rings. The normalized spacial score (nSPS) is 10.4. The lowest BCUT2D eigenvalue weighted by Gasteiger charge is -2.13. The Hall–Kier alpha value is -3.40. The maximum atomic E-state index is 12.5. The van der Waals surface area contributed by atoms with Gasteiger partial charge in [0.2, 0.25) is 5.91 Å². The molecule has 0 saturated carbocycles. The Morgan fingerprint density at radius 1 is 0.938 bits per heavy atom. The van der Waals surface area contributed by atoms with E-state index in [9.17, 15) is 10.1 Å². The molecule has 0 radical (unpaired) electrons. The first-order valence-corrected chi connectivity index (χ1v) is 11.7. The highest BCUT2D eigenvalue weighted by Crippen LogP contribution is 2.34. The van der Waals surface area contributed by atoms with E-state index in [1.165, 1.54) is 11.8 Å². The van der Waals surface area contributed by atoms with Crippen LogP contribution in [0.5, 0.6) is 0 Å². The van der Waals surface area contributed by atoms with Gasteiger partial charge in [-0.15, -0.1) is 0 Å². The van der Waals surface area contributed by atoms with Crippen LogP contribution >= 0.6 is 27.7 Å². The zero-order valence-corrected chi connectivity index (χ0v) is 19.4. The fraction of sp³-hybridized carbons (Fsp3) is 0.0385. The first-order chi connectivity index (χ1) is 15.6. The van der Waals surface area contributed by atoms with Crippen molar-refractivity contribution in [3.05, 3.63) is 101 Å². The number of carbonyl (C=O) groups is 1. The molecule has 3 aromatic carbocycles. The van der Waals surface area contributed by atoms with E-state index in [2.05, 4.69) is 27.3 Å². The van der Waals surface area contributed by atoms with Crippen LogP contribution in [0.1, 0.15) is 5.56 Å². The molecular formula is C26H18BrN3OS. The Morgan fingerprint density at radius 2 is 1.56 bits per heavy atom. The molecule has 0 aliphatic carbocycles. The maximum Gasteiger partial charge on any atom is 0.234 e. The van der Waals surface area contributed by atoms with Gasteiger partial charge in [0.1, 0.15) is 11.1 Å². The second-order valence-corrected chi connectivity index (χ2v) is 8.80. The van der Waals surface area contributed by atoms with Crippen LogP contribution in [0.2, 0.25) is 0 Å². The summed E-state index contributed by atoms with van der Waals surface area (Å²) < 4.78 is 0.943. The first-order valence-electron chi connectivity index (χ1n) is 9.88. The minimum atomic E-state index is -0.158. The third-order valence-electron chi connectivity index (χ3n) is 4.72. The molecule has 6 heteroatoms. The number of benzene rings is 3. The van der Waals surface area contributed by atoms with Gasteiger partial charge in [0, 0.05) is 21.3 Å². The van der Waals surface area contributed by atoms with E-state index >= 15 is 0 Å². The molecule has 1 N–H and O–H groups in total. The van der Waals surface area contributed by atoms with Gasteiger partial charge in [-0.2, -0.15) is 5.26 Å². The highest BCUT2D eigenvalue weighted by Gasteiger charge is 2.17. The van der Waals surface area contributed by atoms with Gasteiger partial charge in [-0.25, -0.2) is 4.98 Å². The zero-order chi connectivity index (χ0) is 22.3. The molecule has 0 aliphatic heterocycles. The van der Waals surface area contributed by atoms with Gasteiger partial charge in [0.05, 0.1) is 17.0 Å². The summed E-state index contributed by atoms with van der Waals surface area (Å²) in [5.41, 5.74) is 4.64.